The monoisotopic (exact) mass is 229 g/mol. The van der Waals surface area contributed by atoms with Crippen LogP contribution in [-0.4, -0.2) is 41.4 Å². The van der Waals surface area contributed by atoms with E-state index in [1.807, 2.05) is 0 Å². The van der Waals surface area contributed by atoms with Crippen LogP contribution in [0.2, 0.25) is 0 Å². The largest absolute Gasteiger partial charge is 0.296 e. The third-order valence-electron chi connectivity index (χ3n) is 2.22. The van der Waals surface area contributed by atoms with Crippen molar-refractivity contribution >= 4 is 17.3 Å². The Morgan fingerprint density at radius 2 is 2.24 bits per heavy atom. The SMILES string of the molecule is Cc1nc(-n2ncc(C=O)n2)c2cn[nH]c2n1. The average molecular weight is 229 g/mol. The Hall–Kier alpha value is -2.64. The number of aromatic nitrogens is 7. The second kappa shape index (κ2) is 3.44. The van der Waals surface area contributed by atoms with Crippen LogP contribution in [0.25, 0.3) is 16.9 Å². The lowest BCUT2D eigenvalue weighted by Crippen LogP contribution is -2.05. The molecule has 3 aromatic rings. The Bertz CT molecular complexity index is 698. The van der Waals surface area contributed by atoms with Crippen LogP contribution in [-0.2, 0) is 0 Å². The van der Waals surface area contributed by atoms with Gasteiger partial charge in [0.2, 0.25) is 0 Å². The van der Waals surface area contributed by atoms with Gasteiger partial charge in [-0.2, -0.15) is 10.2 Å². The Morgan fingerprint density at radius 3 is 3.00 bits per heavy atom. The first-order valence-corrected chi connectivity index (χ1v) is 4.83. The highest BCUT2D eigenvalue weighted by Crippen LogP contribution is 2.15. The fraction of sp³-hybridized carbons (Fsp3) is 0.111. The van der Waals surface area contributed by atoms with Gasteiger partial charge in [-0.25, -0.2) is 9.97 Å². The zero-order valence-electron chi connectivity index (χ0n) is 8.82. The van der Waals surface area contributed by atoms with Crippen molar-refractivity contribution in [1.82, 2.24) is 35.2 Å². The molecule has 3 aromatic heterocycles. The summed E-state index contributed by atoms with van der Waals surface area (Å²) in [6.07, 6.45) is 3.59. The number of nitrogens with one attached hydrogen (secondary N) is 1. The van der Waals surface area contributed by atoms with Gasteiger partial charge >= 0.3 is 0 Å². The van der Waals surface area contributed by atoms with E-state index in [1.54, 1.807) is 13.1 Å². The van der Waals surface area contributed by atoms with Crippen molar-refractivity contribution in [1.29, 1.82) is 0 Å². The zero-order valence-corrected chi connectivity index (χ0v) is 8.82. The number of aromatic amines is 1. The number of fused-ring (bicyclic) bond motifs is 1. The minimum absolute atomic E-state index is 0.248. The van der Waals surface area contributed by atoms with E-state index in [0.29, 0.717) is 29.0 Å². The van der Waals surface area contributed by atoms with Crippen LogP contribution in [0.15, 0.2) is 12.4 Å². The number of carbonyl (C=O) groups is 1. The molecule has 0 amide bonds. The highest BCUT2D eigenvalue weighted by atomic mass is 16.1. The van der Waals surface area contributed by atoms with Gasteiger partial charge in [-0.05, 0) is 6.92 Å². The van der Waals surface area contributed by atoms with Gasteiger partial charge in [-0.3, -0.25) is 9.89 Å². The molecule has 0 bridgehead atoms. The molecule has 0 aromatic carbocycles. The number of nitrogens with zero attached hydrogens (tertiary/aromatic N) is 6. The molecular formula is C9H7N7O. The lowest BCUT2D eigenvalue weighted by molar-refractivity contribution is 0.111. The van der Waals surface area contributed by atoms with Crippen LogP contribution in [0.1, 0.15) is 16.3 Å². The van der Waals surface area contributed by atoms with Crippen LogP contribution in [0, 0.1) is 6.92 Å². The molecule has 8 heteroatoms. The van der Waals surface area contributed by atoms with Crippen molar-refractivity contribution in [2.45, 2.75) is 6.92 Å². The average Bonchev–Trinajstić information content (AvgIpc) is 2.95. The van der Waals surface area contributed by atoms with Gasteiger partial charge in [0.1, 0.15) is 11.5 Å². The number of H-pyrrole nitrogens is 1. The Labute approximate surface area is 94.7 Å². The predicted octanol–water partition coefficient (Wildman–Crippen LogP) is 0.0545. The third-order valence-corrected chi connectivity index (χ3v) is 2.22. The van der Waals surface area contributed by atoms with E-state index in [2.05, 4.69) is 30.4 Å². The summed E-state index contributed by atoms with van der Waals surface area (Å²) in [6.45, 7) is 1.76. The summed E-state index contributed by atoms with van der Waals surface area (Å²) < 4.78 is 0. The van der Waals surface area contributed by atoms with Gasteiger partial charge < -0.3 is 0 Å². The number of aryl methyl sites for hydroxylation is 1. The highest BCUT2D eigenvalue weighted by molar-refractivity contribution is 5.81. The van der Waals surface area contributed by atoms with Crippen molar-refractivity contribution in [3.05, 3.63) is 23.9 Å². The molecule has 1 N–H and O–H groups in total. The van der Waals surface area contributed by atoms with E-state index >= 15 is 0 Å². The molecular weight excluding hydrogens is 222 g/mol. The van der Waals surface area contributed by atoms with Crippen molar-refractivity contribution in [2.75, 3.05) is 0 Å². The molecule has 0 saturated carbocycles. The number of hydrogen-bond acceptors (Lipinski definition) is 6. The first-order chi connectivity index (χ1) is 8.28. The fourth-order valence-electron chi connectivity index (χ4n) is 1.51. The molecule has 3 heterocycles. The van der Waals surface area contributed by atoms with E-state index in [-0.39, 0.29) is 5.69 Å². The van der Waals surface area contributed by atoms with Crippen LogP contribution in [0.3, 0.4) is 0 Å². The fourth-order valence-corrected chi connectivity index (χ4v) is 1.51. The van der Waals surface area contributed by atoms with Gasteiger partial charge in [-0.1, -0.05) is 0 Å². The van der Waals surface area contributed by atoms with Gasteiger partial charge in [0.15, 0.2) is 17.8 Å². The lowest BCUT2D eigenvalue weighted by Gasteiger charge is -2.00. The summed E-state index contributed by atoms with van der Waals surface area (Å²) in [7, 11) is 0. The molecule has 0 atom stereocenters. The minimum Gasteiger partial charge on any atom is -0.296 e. The number of hydrogen-bond donors (Lipinski definition) is 1. The van der Waals surface area contributed by atoms with Crippen LogP contribution >= 0.6 is 0 Å². The summed E-state index contributed by atoms with van der Waals surface area (Å²) in [4.78, 5) is 20.3. The van der Waals surface area contributed by atoms with Gasteiger partial charge in [0.05, 0.1) is 17.8 Å². The molecule has 0 aliphatic carbocycles. The van der Waals surface area contributed by atoms with E-state index < -0.39 is 0 Å². The van der Waals surface area contributed by atoms with Gasteiger partial charge in [0.25, 0.3) is 0 Å². The van der Waals surface area contributed by atoms with Crippen molar-refractivity contribution < 1.29 is 4.79 Å². The predicted molar refractivity (Wildman–Crippen MR) is 56.7 cm³/mol. The number of aldehydes is 1. The van der Waals surface area contributed by atoms with Gasteiger partial charge in [0, 0.05) is 0 Å². The summed E-state index contributed by atoms with van der Waals surface area (Å²) in [5, 5.41) is 15.3. The maximum Gasteiger partial charge on any atom is 0.188 e. The minimum atomic E-state index is 0.248. The molecule has 0 saturated heterocycles. The van der Waals surface area contributed by atoms with Gasteiger partial charge in [-0.15, -0.1) is 9.90 Å². The molecule has 0 spiro atoms. The molecule has 0 aliphatic rings. The zero-order chi connectivity index (χ0) is 11.8. The Balaban J connectivity index is 2.28. The van der Waals surface area contributed by atoms with Crippen molar-refractivity contribution in [3.8, 4) is 5.82 Å². The van der Waals surface area contributed by atoms with Crippen molar-refractivity contribution in [3.63, 3.8) is 0 Å². The number of rotatable bonds is 2. The first-order valence-electron chi connectivity index (χ1n) is 4.83. The maximum absolute atomic E-state index is 10.6. The first kappa shape index (κ1) is 9.58. The molecule has 3 rings (SSSR count). The number of carbonyl (C=O) groups excluding carboxylic acids is 1. The van der Waals surface area contributed by atoms with E-state index in [4.69, 9.17) is 0 Å². The second-order valence-corrected chi connectivity index (χ2v) is 3.40. The quantitative estimate of drug-likeness (QED) is 0.623. The summed E-state index contributed by atoms with van der Waals surface area (Å²) in [5.74, 6) is 1.07. The van der Waals surface area contributed by atoms with Crippen LogP contribution in [0.4, 0.5) is 0 Å². The van der Waals surface area contributed by atoms with Crippen LogP contribution < -0.4 is 0 Å². The van der Waals surface area contributed by atoms with E-state index in [1.165, 1.54) is 11.0 Å². The molecule has 8 nitrogen and oxygen atoms in total. The summed E-state index contributed by atoms with van der Waals surface area (Å²) >= 11 is 0. The molecule has 0 fully saturated rings. The maximum atomic E-state index is 10.6. The second-order valence-electron chi connectivity index (χ2n) is 3.40. The third kappa shape index (κ3) is 1.46. The molecule has 0 radical (unpaired) electrons. The standard InChI is InChI=1S/C9H7N7O/c1-5-12-8-7(3-10-14-8)9(13-5)16-11-2-6(4-17)15-16/h2-4H,1H3,(H,10,12,13,14). The van der Waals surface area contributed by atoms with E-state index in [0.717, 1.165) is 0 Å². The molecule has 0 aliphatic heterocycles. The molecule has 0 unspecified atom stereocenters. The smallest absolute Gasteiger partial charge is 0.188 e. The summed E-state index contributed by atoms with van der Waals surface area (Å²) in [6, 6.07) is 0. The van der Waals surface area contributed by atoms with Crippen molar-refractivity contribution in [2.24, 2.45) is 0 Å². The molecule has 17 heavy (non-hydrogen) atoms. The highest BCUT2D eigenvalue weighted by Gasteiger charge is 2.11. The Kier molecular flexibility index (Phi) is 1.94. The lowest BCUT2D eigenvalue weighted by atomic mass is 10.4. The normalized spacial score (nSPS) is 10.9. The molecule has 84 valence electrons. The van der Waals surface area contributed by atoms with Crippen LogP contribution in [0.5, 0.6) is 0 Å². The van der Waals surface area contributed by atoms with E-state index in [9.17, 15) is 4.79 Å². The topological polar surface area (TPSA) is 102 Å². The summed E-state index contributed by atoms with van der Waals surface area (Å²) in [5.41, 5.74) is 0.857. The Morgan fingerprint density at radius 1 is 1.35 bits per heavy atom.